The molecule has 0 saturated carbocycles. The van der Waals surface area contributed by atoms with E-state index in [-0.39, 0.29) is 11.7 Å². The summed E-state index contributed by atoms with van der Waals surface area (Å²) in [5, 5.41) is 14.5. The van der Waals surface area contributed by atoms with E-state index in [1.807, 2.05) is 72.2 Å². The van der Waals surface area contributed by atoms with Gasteiger partial charge in [0.25, 0.3) is 0 Å². The predicted molar refractivity (Wildman–Crippen MR) is 119 cm³/mol. The van der Waals surface area contributed by atoms with Crippen LogP contribution in [0, 0.1) is 6.92 Å². The predicted octanol–water partition coefficient (Wildman–Crippen LogP) is 4.96. The molecule has 0 atom stereocenters. The van der Waals surface area contributed by atoms with Crippen molar-refractivity contribution in [2.24, 2.45) is 0 Å². The average Bonchev–Trinajstić information content (AvgIpc) is 3.39. The molecule has 2 heterocycles. The number of amides is 1. The van der Waals surface area contributed by atoms with Crippen LogP contribution in [0.3, 0.4) is 0 Å². The van der Waals surface area contributed by atoms with Gasteiger partial charge in [-0.05, 0) is 42.1 Å². The lowest BCUT2D eigenvalue weighted by Crippen LogP contribution is -2.15. The summed E-state index contributed by atoms with van der Waals surface area (Å²) in [6.07, 6.45) is 0.704. The molecule has 2 aromatic heterocycles. The number of para-hydroxylation sites is 2. The van der Waals surface area contributed by atoms with Crippen molar-refractivity contribution in [3.8, 4) is 5.69 Å². The van der Waals surface area contributed by atoms with Crippen LogP contribution >= 0.6 is 23.1 Å². The Hall–Kier alpha value is -2.90. The fraction of sp³-hybridized carbons (Fsp3) is 0.136. The fourth-order valence-electron chi connectivity index (χ4n) is 2.94. The summed E-state index contributed by atoms with van der Waals surface area (Å²) < 4.78 is 2.03. The lowest BCUT2D eigenvalue weighted by molar-refractivity contribution is -0.113. The van der Waals surface area contributed by atoms with E-state index < -0.39 is 0 Å². The van der Waals surface area contributed by atoms with Crippen molar-refractivity contribution in [3.63, 3.8) is 0 Å². The number of anilines is 1. The van der Waals surface area contributed by atoms with Gasteiger partial charge in [-0.1, -0.05) is 54.2 Å². The van der Waals surface area contributed by atoms with E-state index in [2.05, 4.69) is 27.0 Å². The number of nitrogens with one attached hydrogen (secondary N) is 1. The van der Waals surface area contributed by atoms with Crippen LogP contribution in [0.4, 0.5) is 5.69 Å². The van der Waals surface area contributed by atoms with Crippen LogP contribution in [0.5, 0.6) is 0 Å². The summed E-state index contributed by atoms with van der Waals surface area (Å²) >= 11 is 3.09. The lowest BCUT2D eigenvalue weighted by atomic mass is 10.2. The fourth-order valence-corrected chi connectivity index (χ4v) is 4.42. The van der Waals surface area contributed by atoms with E-state index >= 15 is 0 Å². The molecule has 5 nitrogen and oxygen atoms in total. The first-order valence-electron chi connectivity index (χ1n) is 9.21. The van der Waals surface area contributed by atoms with Crippen molar-refractivity contribution < 1.29 is 4.79 Å². The molecule has 7 heteroatoms. The van der Waals surface area contributed by atoms with Crippen molar-refractivity contribution in [1.82, 2.24) is 14.8 Å². The monoisotopic (exact) mass is 420 g/mol. The Balaban J connectivity index is 1.53. The van der Waals surface area contributed by atoms with Crippen LogP contribution in [0.2, 0.25) is 0 Å². The molecule has 4 rings (SSSR count). The maximum atomic E-state index is 12.5. The van der Waals surface area contributed by atoms with Crippen molar-refractivity contribution in [3.05, 3.63) is 88.4 Å². The third-order valence-electron chi connectivity index (χ3n) is 4.38. The zero-order valence-electron chi connectivity index (χ0n) is 15.9. The molecule has 0 bridgehead atoms. The summed E-state index contributed by atoms with van der Waals surface area (Å²) in [6, 6.07) is 21.9. The first-order valence-corrected chi connectivity index (χ1v) is 11.1. The zero-order chi connectivity index (χ0) is 20.1. The van der Waals surface area contributed by atoms with Gasteiger partial charge in [0.15, 0.2) is 5.16 Å². The highest BCUT2D eigenvalue weighted by Crippen LogP contribution is 2.25. The maximum absolute atomic E-state index is 12.5. The van der Waals surface area contributed by atoms with Crippen LogP contribution in [0.1, 0.15) is 16.3 Å². The van der Waals surface area contributed by atoms with Crippen molar-refractivity contribution in [1.29, 1.82) is 0 Å². The topological polar surface area (TPSA) is 59.8 Å². The number of nitrogens with zero attached hydrogens (tertiary/aromatic N) is 3. The van der Waals surface area contributed by atoms with Crippen molar-refractivity contribution >= 4 is 34.7 Å². The Bertz CT molecular complexity index is 1090. The van der Waals surface area contributed by atoms with Crippen LogP contribution < -0.4 is 5.32 Å². The third-order valence-corrected chi connectivity index (χ3v) is 6.18. The second kappa shape index (κ2) is 9.07. The number of rotatable bonds is 7. The van der Waals surface area contributed by atoms with E-state index in [9.17, 15) is 4.79 Å². The summed E-state index contributed by atoms with van der Waals surface area (Å²) in [5.41, 5.74) is 2.86. The summed E-state index contributed by atoms with van der Waals surface area (Å²) in [6.45, 7) is 1.98. The van der Waals surface area contributed by atoms with Gasteiger partial charge in [-0.15, -0.1) is 21.5 Å². The van der Waals surface area contributed by atoms with E-state index in [0.29, 0.717) is 11.6 Å². The summed E-state index contributed by atoms with van der Waals surface area (Å²) in [4.78, 5) is 13.7. The molecule has 0 saturated heterocycles. The molecule has 0 spiro atoms. The van der Waals surface area contributed by atoms with Crippen LogP contribution in [0.15, 0.2) is 77.3 Å². The van der Waals surface area contributed by atoms with E-state index in [0.717, 1.165) is 22.8 Å². The molecule has 0 aliphatic carbocycles. The highest BCUT2D eigenvalue weighted by molar-refractivity contribution is 7.99. The molecule has 1 amide bonds. The van der Waals surface area contributed by atoms with Crippen molar-refractivity contribution in [2.75, 3.05) is 11.1 Å². The Morgan fingerprint density at radius 3 is 2.59 bits per heavy atom. The van der Waals surface area contributed by atoms with Crippen LogP contribution in [0.25, 0.3) is 5.69 Å². The van der Waals surface area contributed by atoms with Gasteiger partial charge in [0.2, 0.25) is 5.91 Å². The quantitative estimate of drug-likeness (QED) is 0.429. The molecule has 2 aromatic carbocycles. The zero-order valence-corrected chi connectivity index (χ0v) is 17.5. The third kappa shape index (κ3) is 4.75. The Morgan fingerprint density at radius 2 is 1.83 bits per heavy atom. The van der Waals surface area contributed by atoms with Gasteiger partial charge in [-0.2, -0.15) is 0 Å². The Kier molecular flexibility index (Phi) is 6.07. The van der Waals surface area contributed by atoms with Gasteiger partial charge in [0.1, 0.15) is 5.82 Å². The number of carbonyl (C=O) groups is 1. The summed E-state index contributed by atoms with van der Waals surface area (Å²) in [7, 11) is 0. The number of hydrogen-bond acceptors (Lipinski definition) is 5. The molecular formula is C22H20N4OS2. The summed E-state index contributed by atoms with van der Waals surface area (Å²) in [5.74, 6) is 1.06. The lowest BCUT2D eigenvalue weighted by Gasteiger charge is -2.10. The number of benzene rings is 2. The van der Waals surface area contributed by atoms with Gasteiger partial charge < -0.3 is 5.32 Å². The second-order valence-electron chi connectivity index (χ2n) is 6.48. The van der Waals surface area contributed by atoms with Gasteiger partial charge in [0.05, 0.1) is 5.75 Å². The van der Waals surface area contributed by atoms with Gasteiger partial charge in [-0.3, -0.25) is 9.36 Å². The molecule has 0 aliphatic heterocycles. The molecule has 29 heavy (non-hydrogen) atoms. The smallest absolute Gasteiger partial charge is 0.234 e. The van der Waals surface area contributed by atoms with Gasteiger partial charge in [-0.25, -0.2) is 0 Å². The molecule has 0 aliphatic rings. The first-order chi connectivity index (χ1) is 14.2. The number of carbonyl (C=O) groups excluding carboxylic acids is 1. The van der Waals surface area contributed by atoms with Crippen LogP contribution in [-0.2, 0) is 11.2 Å². The van der Waals surface area contributed by atoms with E-state index in [4.69, 9.17) is 0 Å². The number of hydrogen-bond donors (Lipinski definition) is 1. The van der Waals surface area contributed by atoms with Gasteiger partial charge >= 0.3 is 0 Å². The molecule has 0 fully saturated rings. The number of thioether (sulfide) groups is 1. The van der Waals surface area contributed by atoms with E-state index in [1.165, 1.54) is 16.6 Å². The minimum atomic E-state index is -0.0632. The maximum Gasteiger partial charge on any atom is 0.234 e. The van der Waals surface area contributed by atoms with E-state index in [1.54, 1.807) is 11.3 Å². The minimum Gasteiger partial charge on any atom is -0.325 e. The Labute approximate surface area is 177 Å². The highest BCUT2D eigenvalue weighted by Gasteiger charge is 2.16. The molecule has 0 radical (unpaired) electrons. The van der Waals surface area contributed by atoms with Gasteiger partial charge in [0, 0.05) is 22.7 Å². The number of aromatic nitrogens is 3. The SMILES string of the molecule is Cc1ccccc1NC(=O)CSc1nnc(Cc2cccs2)n1-c1ccccc1. The highest BCUT2D eigenvalue weighted by atomic mass is 32.2. The molecular weight excluding hydrogens is 400 g/mol. The second-order valence-corrected chi connectivity index (χ2v) is 8.45. The number of thiophene rings is 1. The first kappa shape index (κ1) is 19.4. The van der Waals surface area contributed by atoms with Crippen LogP contribution in [-0.4, -0.2) is 26.4 Å². The minimum absolute atomic E-state index is 0.0632. The molecule has 0 unspecified atom stereocenters. The average molecular weight is 421 g/mol. The molecule has 1 N–H and O–H groups in total. The number of aryl methyl sites for hydroxylation is 1. The largest absolute Gasteiger partial charge is 0.325 e. The molecule has 4 aromatic rings. The van der Waals surface area contributed by atoms with Crippen molar-refractivity contribution in [2.45, 2.75) is 18.5 Å². The normalized spacial score (nSPS) is 10.8. The standard InChI is InChI=1S/C22H20N4OS2/c1-16-8-5-6-12-19(16)23-21(27)15-29-22-25-24-20(14-18-11-7-13-28-18)26(22)17-9-3-2-4-10-17/h2-13H,14-15H2,1H3,(H,23,27). The Morgan fingerprint density at radius 1 is 1.03 bits per heavy atom. The molecule has 146 valence electrons.